The van der Waals surface area contributed by atoms with Crippen LogP contribution in [0.4, 0.5) is 0 Å². The highest BCUT2D eigenvalue weighted by molar-refractivity contribution is 5.77. The summed E-state index contributed by atoms with van der Waals surface area (Å²) in [5, 5.41) is 4.11. The number of fused-ring (bicyclic) bond motifs is 1. The van der Waals surface area contributed by atoms with Gasteiger partial charge in [-0.3, -0.25) is 4.98 Å². The molecule has 7 nitrogen and oxygen atoms in total. The molecule has 2 aromatic heterocycles. The Labute approximate surface area is 155 Å². The first-order valence-electron chi connectivity index (χ1n) is 8.41. The molecule has 4 aromatic rings. The lowest BCUT2D eigenvalue weighted by atomic mass is 10.00. The van der Waals surface area contributed by atoms with Gasteiger partial charge < -0.3 is 9.47 Å². The summed E-state index contributed by atoms with van der Waals surface area (Å²) < 4.78 is 12.0. The number of benzene rings is 2. The fourth-order valence-electron chi connectivity index (χ4n) is 3.05. The third-order valence-electron chi connectivity index (χ3n) is 4.46. The molecule has 0 fully saturated rings. The van der Waals surface area contributed by atoms with E-state index in [0.717, 1.165) is 40.2 Å². The van der Waals surface area contributed by atoms with E-state index in [4.69, 9.17) is 9.47 Å². The van der Waals surface area contributed by atoms with Gasteiger partial charge in [0.2, 0.25) is 0 Å². The first-order chi connectivity index (χ1) is 13.2. The minimum atomic E-state index is -0.325. The number of hydrogen-bond donors (Lipinski definition) is 1. The van der Waals surface area contributed by atoms with E-state index in [1.807, 2.05) is 42.5 Å². The standard InChI is InChI=1S/C20H18N4O3/c1-26-16-7-3-13(4-8-16)9-15-6-5-14(10-18(15)27-2)17-11-23-24-19(17)21-12-22-20(24)25/h3-8,10-12H,9H2,1-2H3,(H,21,22,25). The molecule has 0 spiro atoms. The van der Waals surface area contributed by atoms with Gasteiger partial charge in [0, 0.05) is 12.0 Å². The first-order valence-corrected chi connectivity index (χ1v) is 8.41. The maximum Gasteiger partial charge on any atom is 0.349 e. The predicted molar refractivity (Wildman–Crippen MR) is 101 cm³/mol. The maximum atomic E-state index is 11.8. The van der Waals surface area contributed by atoms with Crippen LogP contribution in [0.25, 0.3) is 16.8 Å². The number of methoxy groups -OCH3 is 2. The van der Waals surface area contributed by atoms with Crippen LogP contribution >= 0.6 is 0 Å². The topological polar surface area (TPSA) is 81.5 Å². The average Bonchev–Trinajstić information content (AvgIpc) is 3.14. The van der Waals surface area contributed by atoms with Crippen molar-refractivity contribution in [3.8, 4) is 22.6 Å². The minimum absolute atomic E-state index is 0.325. The van der Waals surface area contributed by atoms with Crippen molar-refractivity contribution in [2.75, 3.05) is 14.2 Å². The van der Waals surface area contributed by atoms with Gasteiger partial charge in [-0.2, -0.15) is 9.61 Å². The van der Waals surface area contributed by atoms with E-state index in [9.17, 15) is 4.79 Å². The normalized spacial score (nSPS) is 10.9. The third kappa shape index (κ3) is 3.15. The second kappa shape index (κ2) is 6.95. The molecule has 1 N–H and O–H groups in total. The van der Waals surface area contributed by atoms with Crippen LogP contribution in [0.1, 0.15) is 11.1 Å². The van der Waals surface area contributed by atoms with Crippen LogP contribution in [0.2, 0.25) is 0 Å². The fourth-order valence-corrected chi connectivity index (χ4v) is 3.05. The Kier molecular flexibility index (Phi) is 4.33. The van der Waals surface area contributed by atoms with Crippen molar-refractivity contribution in [2.24, 2.45) is 0 Å². The largest absolute Gasteiger partial charge is 0.497 e. The highest BCUT2D eigenvalue weighted by Gasteiger charge is 2.13. The zero-order valence-electron chi connectivity index (χ0n) is 15.0. The van der Waals surface area contributed by atoms with Gasteiger partial charge >= 0.3 is 5.69 Å². The van der Waals surface area contributed by atoms with Gasteiger partial charge in [0.1, 0.15) is 11.5 Å². The summed E-state index contributed by atoms with van der Waals surface area (Å²) in [7, 11) is 3.30. The minimum Gasteiger partial charge on any atom is -0.497 e. The van der Waals surface area contributed by atoms with Crippen LogP contribution in [0.15, 0.2) is 59.8 Å². The molecule has 27 heavy (non-hydrogen) atoms. The van der Waals surface area contributed by atoms with Crippen molar-refractivity contribution < 1.29 is 9.47 Å². The van der Waals surface area contributed by atoms with Crippen molar-refractivity contribution in [3.63, 3.8) is 0 Å². The monoisotopic (exact) mass is 362 g/mol. The van der Waals surface area contributed by atoms with E-state index in [2.05, 4.69) is 15.1 Å². The quantitative estimate of drug-likeness (QED) is 0.590. The number of nitrogens with one attached hydrogen (secondary N) is 1. The smallest absolute Gasteiger partial charge is 0.349 e. The molecule has 136 valence electrons. The molecule has 7 heteroatoms. The van der Waals surface area contributed by atoms with Gasteiger partial charge in [0.25, 0.3) is 0 Å². The highest BCUT2D eigenvalue weighted by atomic mass is 16.5. The maximum absolute atomic E-state index is 11.8. The van der Waals surface area contributed by atoms with E-state index in [-0.39, 0.29) is 5.69 Å². The van der Waals surface area contributed by atoms with Crippen molar-refractivity contribution in [3.05, 3.63) is 76.6 Å². The number of nitrogens with zero attached hydrogens (tertiary/aromatic N) is 3. The molecule has 0 radical (unpaired) electrons. The second-order valence-corrected chi connectivity index (χ2v) is 6.05. The predicted octanol–water partition coefficient (Wildman–Crippen LogP) is 2.69. The van der Waals surface area contributed by atoms with Crippen LogP contribution in [0.3, 0.4) is 0 Å². The van der Waals surface area contributed by atoms with Crippen molar-refractivity contribution in [2.45, 2.75) is 6.42 Å². The molecule has 0 bridgehead atoms. The van der Waals surface area contributed by atoms with Gasteiger partial charge in [-0.25, -0.2) is 9.78 Å². The zero-order chi connectivity index (χ0) is 18.8. The van der Waals surface area contributed by atoms with Gasteiger partial charge in [-0.1, -0.05) is 24.3 Å². The molecule has 4 rings (SSSR count). The molecule has 0 atom stereocenters. The SMILES string of the molecule is COc1ccc(Cc2ccc(-c3cnn4c(=O)[nH]cnc34)cc2OC)cc1. The number of ether oxygens (including phenoxy) is 2. The summed E-state index contributed by atoms with van der Waals surface area (Å²) in [4.78, 5) is 18.6. The summed E-state index contributed by atoms with van der Waals surface area (Å²) in [6.45, 7) is 0. The summed E-state index contributed by atoms with van der Waals surface area (Å²) in [6.07, 6.45) is 3.74. The lowest BCUT2D eigenvalue weighted by Crippen LogP contribution is -2.17. The van der Waals surface area contributed by atoms with Crippen LogP contribution in [0.5, 0.6) is 11.5 Å². The van der Waals surface area contributed by atoms with E-state index in [1.54, 1.807) is 20.4 Å². The number of aromatic amines is 1. The van der Waals surface area contributed by atoms with Gasteiger partial charge in [0.05, 0.1) is 26.7 Å². The molecule has 2 aromatic carbocycles. The number of hydrogen-bond acceptors (Lipinski definition) is 5. The number of rotatable bonds is 5. The molecule has 0 aliphatic heterocycles. The molecule has 0 unspecified atom stereocenters. The Morgan fingerprint density at radius 1 is 1.07 bits per heavy atom. The van der Waals surface area contributed by atoms with Crippen LogP contribution in [-0.2, 0) is 6.42 Å². The Balaban J connectivity index is 1.70. The highest BCUT2D eigenvalue weighted by Crippen LogP contribution is 2.30. The van der Waals surface area contributed by atoms with Crippen LogP contribution in [-0.4, -0.2) is 33.8 Å². The van der Waals surface area contributed by atoms with Gasteiger partial charge in [0.15, 0.2) is 5.65 Å². The Morgan fingerprint density at radius 2 is 1.89 bits per heavy atom. The molecule has 0 aliphatic carbocycles. The third-order valence-corrected chi connectivity index (χ3v) is 4.46. The summed E-state index contributed by atoms with van der Waals surface area (Å²) >= 11 is 0. The number of H-pyrrole nitrogens is 1. The summed E-state index contributed by atoms with van der Waals surface area (Å²) in [5.41, 5.74) is 4.06. The lowest BCUT2D eigenvalue weighted by Gasteiger charge is -2.11. The Hall–Kier alpha value is -3.61. The van der Waals surface area contributed by atoms with E-state index >= 15 is 0 Å². The van der Waals surface area contributed by atoms with Gasteiger partial charge in [-0.05, 0) is 34.9 Å². The molecule has 0 amide bonds. The van der Waals surface area contributed by atoms with E-state index < -0.39 is 0 Å². The summed E-state index contributed by atoms with van der Waals surface area (Å²) in [6, 6.07) is 13.9. The van der Waals surface area contributed by atoms with Crippen LogP contribution in [0, 0.1) is 0 Å². The van der Waals surface area contributed by atoms with E-state index in [1.165, 1.54) is 10.8 Å². The molecular formula is C20H18N4O3. The molecular weight excluding hydrogens is 344 g/mol. The van der Waals surface area contributed by atoms with Crippen molar-refractivity contribution >= 4 is 5.65 Å². The number of aromatic nitrogens is 4. The van der Waals surface area contributed by atoms with E-state index in [0.29, 0.717) is 5.65 Å². The Bertz CT molecular complexity index is 1150. The lowest BCUT2D eigenvalue weighted by molar-refractivity contribution is 0.410. The average molecular weight is 362 g/mol. The Morgan fingerprint density at radius 3 is 2.63 bits per heavy atom. The molecule has 0 aliphatic rings. The van der Waals surface area contributed by atoms with Crippen molar-refractivity contribution in [1.29, 1.82) is 0 Å². The zero-order valence-corrected chi connectivity index (χ0v) is 15.0. The van der Waals surface area contributed by atoms with Crippen LogP contribution < -0.4 is 15.2 Å². The summed E-state index contributed by atoms with van der Waals surface area (Å²) in [5.74, 6) is 1.60. The molecule has 0 saturated heterocycles. The van der Waals surface area contributed by atoms with Gasteiger partial charge in [-0.15, -0.1) is 0 Å². The van der Waals surface area contributed by atoms with Crippen molar-refractivity contribution in [1.82, 2.24) is 19.6 Å². The second-order valence-electron chi connectivity index (χ2n) is 6.05. The first kappa shape index (κ1) is 16.8. The molecule has 0 saturated carbocycles. The fraction of sp³-hybridized carbons (Fsp3) is 0.150. The molecule has 2 heterocycles.